The van der Waals surface area contributed by atoms with Crippen molar-refractivity contribution in [1.82, 2.24) is 0 Å². The van der Waals surface area contributed by atoms with Crippen LogP contribution in [0.5, 0.6) is 11.5 Å². The van der Waals surface area contributed by atoms with Crippen LogP contribution in [0.3, 0.4) is 0 Å². The molecule has 43 heavy (non-hydrogen) atoms. The molecule has 1 spiro atoms. The topological polar surface area (TPSA) is 92.6 Å². The normalized spacial score (nSPS) is 16.2. The highest BCUT2D eigenvalue weighted by molar-refractivity contribution is 6.30. The quantitative estimate of drug-likeness (QED) is 0.197. The van der Waals surface area contributed by atoms with Crippen LogP contribution in [0.2, 0.25) is 5.02 Å². The van der Waals surface area contributed by atoms with E-state index in [0.29, 0.717) is 39.8 Å². The number of halogens is 4. The van der Waals surface area contributed by atoms with Gasteiger partial charge in [0.25, 0.3) is 5.91 Å². The van der Waals surface area contributed by atoms with Crippen LogP contribution in [0.1, 0.15) is 49.4 Å². The standard InChI is InChI=1S/C31H31ClF3N3O5/c1-29(2,18-39)43-36-16-19-12-22(14-24(13-19)41-3)37-27(20-4-6-21(32)7-5-20)28(40)38-17-30(10-11-30)25-9-8-23(15-26(25)38)42-31(33,34)35/h4-9,12-16,27,37,39H,10-11,17-18H2,1-3H3. The Labute approximate surface area is 252 Å². The third-order valence-corrected chi connectivity index (χ3v) is 7.71. The summed E-state index contributed by atoms with van der Waals surface area (Å²) in [6.07, 6.45) is -1.75. The molecule has 2 N–H and O–H groups in total. The number of nitrogens with one attached hydrogen (secondary N) is 1. The molecule has 12 heteroatoms. The van der Waals surface area contributed by atoms with Gasteiger partial charge in [-0.3, -0.25) is 4.79 Å². The molecular weight excluding hydrogens is 587 g/mol. The molecular formula is C31H31ClF3N3O5. The number of amides is 1. The van der Waals surface area contributed by atoms with E-state index in [0.717, 1.165) is 18.4 Å². The summed E-state index contributed by atoms with van der Waals surface area (Å²) >= 11 is 6.14. The molecule has 3 aromatic rings. The molecule has 0 radical (unpaired) electrons. The molecule has 1 fully saturated rings. The van der Waals surface area contributed by atoms with Crippen molar-refractivity contribution < 1.29 is 37.4 Å². The van der Waals surface area contributed by atoms with Gasteiger partial charge in [-0.2, -0.15) is 0 Å². The zero-order valence-electron chi connectivity index (χ0n) is 23.7. The van der Waals surface area contributed by atoms with Crippen molar-refractivity contribution in [3.63, 3.8) is 0 Å². The first-order valence-corrected chi connectivity index (χ1v) is 13.9. The third kappa shape index (κ3) is 7.00. The van der Waals surface area contributed by atoms with Gasteiger partial charge in [0.15, 0.2) is 5.60 Å². The lowest BCUT2D eigenvalue weighted by Crippen LogP contribution is -2.38. The minimum atomic E-state index is -4.86. The Morgan fingerprint density at radius 1 is 1.12 bits per heavy atom. The zero-order chi connectivity index (χ0) is 31.0. The molecule has 1 saturated carbocycles. The highest BCUT2D eigenvalue weighted by Gasteiger charge is 2.54. The molecule has 0 saturated heterocycles. The molecule has 1 amide bonds. The van der Waals surface area contributed by atoms with Crippen molar-refractivity contribution in [1.29, 1.82) is 0 Å². The van der Waals surface area contributed by atoms with Crippen LogP contribution in [0.4, 0.5) is 24.5 Å². The van der Waals surface area contributed by atoms with Gasteiger partial charge >= 0.3 is 6.36 Å². The molecule has 0 aromatic heterocycles. The fourth-order valence-electron chi connectivity index (χ4n) is 5.05. The van der Waals surface area contributed by atoms with E-state index in [-0.39, 0.29) is 23.7 Å². The highest BCUT2D eigenvalue weighted by atomic mass is 35.5. The lowest BCUT2D eigenvalue weighted by Gasteiger charge is -2.27. The number of hydrogen-bond donors (Lipinski definition) is 2. The van der Waals surface area contributed by atoms with E-state index in [1.807, 2.05) is 0 Å². The van der Waals surface area contributed by atoms with Crippen LogP contribution in [-0.2, 0) is 15.0 Å². The minimum absolute atomic E-state index is 0.231. The number of fused-ring (bicyclic) bond motifs is 2. The van der Waals surface area contributed by atoms with Crippen molar-refractivity contribution in [3.8, 4) is 11.5 Å². The summed E-state index contributed by atoms with van der Waals surface area (Å²) in [7, 11) is 1.50. The Bertz CT molecular complexity index is 1520. The number of hydrogen-bond acceptors (Lipinski definition) is 7. The number of nitrogens with zero attached hydrogens (tertiary/aromatic N) is 2. The summed E-state index contributed by atoms with van der Waals surface area (Å²) in [6, 6.07) is 15.2. The predicted octanol–water partition coefficient (Wildman–Crippen LogP) is 6.60. The molecule has 8 nitrogen and oxygen atoms in total. The number of ether oxygens (including phenoxy) is 2. The second-order valence-electron chi connectivity index (χ2n) is 11.3. The summed E-state index contributed by atoms with van der Waals surface area (Å²) in [5.74, 6) is -0.267. The van der Waals surface area contributed by atoms with Crippen LogP contribution in [-0.4, -0.2) is 49.5 Å². The zero-order valence-corrected chi connectivity index (χ0v) is 24.5. The average molecular weight is 618 g/mol. The fraction of sp³-hybridized carbons (Fsp3) is 0.355. The second kappa shape index (κ2) is 11.6. The maximum absolute atomic E-state index is 14.3. The van der Waals surface area contributed by atoms with Gasteiger partial charge in [-0.25, -0.2) is 0 Å². The van der Waals surface area contributed by atoms with Crippen molar-refractivity contribution in [2.45, 2.75) is 50.1 Å². The van der Waals surface area contributed by atoms with Crippen molar-refractivity contribution in [2.24, 2.45) is 5.16 Å². The van der Waals surface area contributed by atoms with E-state index < -0.39 is 18.0 Å². The van der Waals surface area contributed by atoms with Gasteiger partial charge in [-0.05, 0) is 68.1 Å². The van der Waals surface area contributed by atoms with Gasteiger partial charge in [0.1, 0.15) is 17.5 Å². The van der Waals surface area contributed by atoms with Gasteiger partial charge in [-0.1, -0.05) is 35.0 Å². The first-order chi connectivity index (χ1) is 20.3. The number of benzene rings is 3. The monoisotopic (exact) mass is 617 g/mol. The van der Waals surface area contributed by atoms with Crippen LogP contribution in [0.15, 0.2) is 65.8 Å². The minimum Gasteiger partial charge on any atom is -0.497 e. The van der Waals surface area contributed by atoms with E-state index in [1.165, 1.54) is 30.4 Å². The van der Waals surface area contributed by atoms with Crippen LogP contribution in [0, 0.1) is 0 Å². The van der Waals surface area contributed by atoms with Crippen molar-refractivity contribution >= 4 is 35.1 Å². The maximum Gasteiger partial charge on any atom is 0.573 e. The molecule has 5 rings (SSSR count). The van der Waals surface area contributed by atoms with Crippen LogP contribution >= 0.6 is 11.6 Å². The Kier molecular flexibility index (Phi) is 8.24. The number of carbonyl (C=O) groups excluding carboxylic acids is 1. The molecule has 2 aliphatic rings. The molecule has 1 atom stereocenters. The van der Waals surface area contributed by atoms with E-state index >= 15 is 0 Å². The smallest absolute Gasteiger partial charge is 0.497 e. The summed E-state index contributed by atoms with van der Waals surface area (Å²) in [4.78, 5) is 21.2. The summed E-state index contributed by atoms with van der Waals surface area (Å²) < 4.78 is 48.7. The Hall–Kier alpha value is -3.96. The molecule has 1 aliphatic carbocycles. The lowest BCUT2D eigenvalue weighted by molar-refractivity contribution is -0.274. The van der Waals surface area contributed by atoms with Crippen LogP contribution < -0.4 is 19.7 Å². The Morgan fingerprint density at radius 3 is 2.47 bits per heavy atom. The SMILES string of the molecule is COc1cc(C=NOC(C)(C)CO)cc(NC(C(=O)N2CC3(CC3)c3ccc(OC(F)(F)F)cc32)c2ccc(Cl)cc2)c1. The number of anilines is 2. The van der Waals surface area contributed by atoms with E-state index in [9.17, 15) is 23.1 Å². The van der Waals surface area contributed by atoms with Gasteiger partial charge in [0.2, 0.25) is 0 Å². The number of aliphatic hydroxyl groups is 1. The van der Waals surface area contributed by atoms with Crippen molar-refractivity contribution in [2.75, 3.05) is 30.5 Å². The molecule has 0 bridgehead atoms. The summed E-state index contributed by atoms with van der Waals surface area (Å²) in [5, 5.41) is 17.2. The molecule has 3 aromatic carbocycles. The number of alkyl halides is 3. The fourth-order valence-corrected chi connectivity index (χ4v) is 5.18. The maximum atomic E-state index is 14.3. The Morgan fingerprint density at radius 2 is 1.84 bits per heavy atom. The van der Waals surface area contributed by atoms with Gasteiger partial charge < -0.3 is 29.6 Å². The number of aliphatic hydroxyl groups excluding tert-OH is 1. The van der Waals surface area contributed by atoms with Crippen molar-refractivity contribution in [3.05, 3.63) is 82.4 Å². The molecule has 228 valence electrons. The summed E-state index contributed by atoms with van der Waals surface area (Å²) in [6.45, 7) is 3.48. The molecule has 1 heterocycles. The van der Waals surface area contributed by atoms with E-state index in [4.69, 9.17) is 21.2 Å². The van der Waals surface area contributed by atoms with Gasteiger partial charge in [0.05, 0.1) is 25.6 Å². The van der Waals surface area contributed by atoms with Crippen LogP contribution in [0.25, 0.3) is 0 Å². The highest BCUT2D eigenvalue weighted by Crippen LogP contribution is 2.57. The van der Waals surface area contributed by atoms with Gasteiger partial charge in [-0.15, -0.1) is 13.2 Å². The number of carbonyl (C=O) groups is 1. The first kappa shape index (κ1) is 30.5. The van der Waals surface area contributed by atoms with E-state index in [2.05, 4.69) is 15.2 Å². The number of rotatable bonds is 10. The van der Waals surface area contributed by atoms with Gasteiger partial charge in [0, 0.05) is 40.4 Å². The second-order valence-corrected chi connectivity index (χ2v) is 11.7. The first-order valence-electron chi connectivity index (χ1n) is 13.6. The molecule has 1 aliphatic heterocycles. The number of methoxy groups -OCH3 is 1. The largest absolute Gasteiger partial charge is 0.573 e. The average Bonchev–Trinajstić information content (AvgIpc) is 3.67. The predicted molar refractivity (Wildman–Crippen MR) is 157 cm³/mol. The Balaban J connectivity index is 1.49. The lowest BCUT2D eigenvalue weighted by atomic mass is 9.99. The van der Waals surface area contributed by atoms with E-state index in [1.54, 1.807) is 62.4 Å². The molecule has 1 unspecified atom stereocenters. The third-order valence-electron chi connectivity index (χ3n) is 7.45. The number of oxime groups is 1. The summed E-state index contributed by atoms with van der Waals surface area (Å²) in [5.41, 5.74) is 1.78.